The number of nitrogens with zero attached hydrogens (tertiary/aromatic N) is 1. The van der Waals surface area contributed by atoms with Crippen molar-refractivity contribution >= 4 is 0 Å². The third-order valence-corrected chi connectivity index (χ3v) is 1.46. The van der Waals surface area contributed by atoms with Crippen LogP contribution in [0, 0.1) is 0 Å². The van der Waals surface area contributed by atoms with Crippen LogP contribution < -0.4 is 4.90 Å². The molecule has 0 aromatic rings. The molecule has 1 aliphatic rings. The fourth-order valence-corrected chi connectivity index (χ4v) is 1.00. The molecule has 0 aromatic heterocycles. The van der Waals surface area contributed by atoms with Crippen LogP contribution in [0.4, 0.5) is 0 Å². The molecule has 0 radical (unpaired) electrons. The average Bonchev–Trinajstić information content (AvgIpc) is 1.87. The third-order valence-electron chi connectivity index (χ3n) is 1.46. The van der Waals surface area contributed by atoms with Gasteiger partial charge >= 0.3 is 0 Å². The molecular weight excluding hydrogens is 88.1 g/mol. The lowest BCUT2D eigenvalue weighted by atomic mass is 10.6. The average molecular weight is 101 g/mol. The predicted molar refractivity (Wildman–Crippen MR) is 29.3 cm³/mol. The highest BCUT2D eigenvalue weighted by Gasteiger charge is 2.13. The fraction of sp³-hybridized carbons (Fsp3) is 1.00. The summed E-state index contributed by atoms with van der Waals surface area (Å²) in [6.45, 7) is 3.81. The molecule has 1 aliphatic heterocycles. The molecule has 7 heavy (non-hydrogen) atoms. The van der Waals surface area contributed by atoms with Crippen LogP contribution in [-0.2, 0) is 0 Å². The largest absolute Gasteiger partial charge is 0.324 e. The molecule has 0 aliphatic carbocycles. The van der Waals surface area contributed by atoms with Crippen molar-refractivity contribution < 1.29 is 4.90 Å². The van der Waals surface area contributed by atoms with Gasteiger partial charge in [-0.2, -0.15) is 0 Å². The van der Waals surface area contributed by atoms with E-state index in [-0.39, 0.29) is 0 Å². The van der Waals surface area contributed by atoms with E-state index in [1.165, 1.54) is 19.8 Å². The summed E-state index contributed by atoms with van der Waals surface area (Å²) in [5.41, 5.74) is 0. The van der Waals surface area contributed by atoms with Crippen LogP contribution in [0.2, 0.25) is 0 Å². The third kappa shape index (κ3) is 1.14. The van der Waals surface area contributed by atoms with E-state index in [1.807, 2.05) is 0 Å². The van der Waals surface area contributed by atoms with Crippen LogP contribution >= 0.6 is 0 Å². The quantitative estimate of drug-likeness (QED) is 0.386. The Morgan fingerprint density at radius 1 is 1.57 bits per heavy atom. The van der Waals surface area contributed by atoms with E-state index < -0.39 is 0 Å². The van der Waals surface area contributed by atoms with Gasteiger partial charge in [-0.3, -0.25) is 4.90 Å². The molecule has 0 bridgehead atoms. The van der Waals surface area contributed by atoms with Crippen molar-refractivity contribution in [2.24, 2.45) is 0 Å². The summed E-state index contributed by atoms with van der Waals surface area (Å²) in [6, 6.07) is 0. The molecule has 0 spiro atoms. The zero-order chi connectivity index (χ0) is 5.28. The molecule has 2 nitrogen and oxygen atoms in total. The topological polar surface area (TPSA) is 7.68 Å². The summed E-state index contributed by atoms with van der Waals surface area (Å²) in [4.78, 5) is 3.97. The maximum Gasteiger partial charge on any atom is 0.133 e. The summed E-state index contributed by atoms with van der Waals surface area (Å²) < 4.78 is 0. The van der Waals surface area contributed by atoms with Crippen molar-refractivity contribution in [1.29, 1.82) is 0 Å². The van der Waals surface area contributed by atoms with Crippen molar-refractivity contribution in [3.8, 4) is 0 Å². The van der Waals surface area contributed by atoms with Gasteiger partial charge in [0.25, 0.3) is 0 Å². The molecule has 0 amide bonds. The highest BCUT2D eigenvalue weighted by molar-refractivity contribution is 4.45. The van der Waals surface area contributed by atoms with Crippen LogP contribution in [0.3, 0.4) is 0 Å². The van der Waals surface area contributed by atoms with Crippen LogP contribution in [0.25, 0.3) is 0 Å². The lowest BCUT2D eigenvalue weighted by Crippen LogP contribution is -3.07. The molecule has 42 valence electrons. The Hall–Kier alpha value is -0.0800. The Bertz CT molecular complexity index is 55.1. The Labute approximate surface area is 44.7 Å². The van der Waals surface area contributed by atoms with E-state index in [0.29, 0.717) is 0 Å². The van der Waals surface area contributed by atoms with Gasteiger partial charge in [-0.05, 0) is 7.05 Å². The molecule has 0 saturated carbocycles. The van der Waals surface area contributed by atoms with Crippen molar-refractivity contribution in [3.05, 3.63) is 0 Å². The van der Waals surface area contributed by atoms with Gasteiger partial charge in [-0.25, -0.2) is 0 Å². The normalized spacial score (nSPS) is 34.3. The summed E-state index contributed by atoms with van der Waals surface area (Å²) in [6.07, 6.45) is 0. The van der Waals surface area contributed by atoms with Gasteiger partial charge in [0.2, 0.25) is 0 Å². The number of nitrogens with one attached hydrogen (secondary N) is 1. The first-order valence-corrected chi connectivity index (χ1v) is 2.79. The van der Waals surface area contributed by atoms with Crippen molar-refractivity contribution in [3.63, 3.8) is 0 Å². The standard InChI is InChI=1S/C5H12N2/c1-6-3-4-7(2)5-6/h3-5H2,1-2H3/p+1. The van der Waals surface area contributed by atoms with Crippen LogP contribution in [0.15, 0.2) is 0 Å². The number of hydrogen-bond acceptors (Lipinski definition) is 1. The van der Waals surface area contributed by atoms with Crippen molar-refractivity contribution in [1.82, 2.24) is 4.90 Å². The highest BCUT2D eigenvalue weighted by Crippen LogP contribution is 1.76. The van der Waals surface area contributed by atoms with E-state index in [2.05, 4.69) is 19.0 Å². The molecule has 1 fully saturated rings. The Kier molecular flexibility index (Phi) is 1.30. The SMILES string of the molecule is CN1CC[NH+](C)C1. The fourth-order valence-electron chi connectivity index (χ4n) is 1.00. The second-order valence-electron chi connectivity index (χ2n) is 2.44. The number of rotatable bonds is 0. The lowest BCUT2D eigenvalue weighted by molar-refractivity contribution is -0.870. The zero-order valence-electron chi connectivity index (χ0n) is 5.07. The second kappa shape index (κ2) is 1.80. The van der Waals surface area contributed by atoms with E-state index in [4.69, 9.17) is 0 Å². The van der Waals surface area contributed by atoms with Crippen LogP contribution in [0.5, 0.6) is 0 Å². The van der Waals surface area contributed by atoms with Gasteiger partial charge < -0.3 is 4.90 Å². The van der Waals surface area contributed by atoms with Crippen LogP contribution in [-0.4, -0.2) is 38.8 Å². The van der Waals surface area contributed by atoms with E-state index in [0.717, 1.165) is 0 Å². The van der Waals surface area contributed by atoms with Gasteiger partial charge in [0.1, 0.15) is 6.67 Å². The Morgan fingerprint density at radius 2 is 2.29 bits per heavy atom. The van der Waals surface area contributed by atoms with Gasteiger partial charge in [0, 0.05) is 0 Å². The number of likely N-dealkylation sites (N-methyl/N-ethyl adjacent to an activating group) is 2. The molecule has 1 unspecified atom stereocenters. The van der Waals surface area contributed by atoms with Crippen molar-refractivity contribution in [2.45, 2.75) is 0 Å². The molecular formula is C5H13N2+. The first kappa shape index (κ1) is 5.06. The maximum atomic E-state index is 2.34. The monoisotopic (exact) mass is 101 g/mol. The predicted octanol–water partition coefficient (Wildman–Crippen LogP) is -1.60. The second-order valence-corrected chi connectivity index (χ2v) is 2.44. The van der Waals surface area contributed by atoms with Crippen molar-refractivity contribution in [2.75, 3.05) is 33.9 Å². The van der Waals surface area contributed by atoms with Gasteiger partial charge in [-0.15, -0.1) is 0 Å². The van der Waals surface area contributed by atoms with Gasteiger partial charge in [0.05, 0.1) is 20.1 Å². The van der Waals surface area contributed by atoms with E-state index >= 15 is 0 Å². The van der Waals surface area contributed by atoms with Crippen LogP contribution in [0.1, 0.15) is 0 Å². The molecule has 1 saturated heterocycles. The molecule has 0 aromatic carbocycles. The highest BCUT2D eigenvalue weighted by atomic mass is 15.3. The Balaban J connectivity index is 2.26. The first-order valence-electron chi connectivity index (χ1n) is 2.79. The molecule has 1 rings (SSSR count). The number of quaternary nitrogens is 1. The minimum atomic E-state index is 1.22. The Morgan fingerprint density at radius 3 is 2.43 bits per heavy atom. The molecule has 1 heterocycles. The first-order chi connectivity index (χ1) is 3.29. The molecule has 1 atom stereocenters. The smallest absolute Gasteiger partial charge is 0.133 e. The lowest BCUT2D eigenvalue weighted by Gasteiger charge is -2.03. The van der Waals surface area contributed by atoms with Gasteiger partial charge in [0.15, 0.2) is 0 Å². The van der Waals surface area contributed by atoms with E-state index in [9.17, 15) is 0 Å². The number of hydrogen-bond donors (Lipinski definition) is 1. The summed E-state index contributed by atoms with van der Waals surface area (Å²) in [7, 11) is 4.39. The minimum absolute atomic E-state index is 1.22. The summed E-state index contributed by atoms with van der Waals surface area (Å²) >= 11 is 0. The zero-order valence-corrected chi connectivity index (χ0v) is 5.07. The van der Waals surface area contributed by atoms with E-state index in [1.54, 1.807) is 4.90 Å². The molecule has 1 N–H and O–H groups in total. The summed E-state index contributed by atoms with van der Waals surface area (Å²) in [5, 5.41) is 0. The van der Waals surface area contributed by atoms with Gasteiger partial charge in [-0.1, -0.05) is 0 Å². The summed E-state index contributed by atoms with van der Waals surface area (Å²) in [5.74, 6) is 0. The molecule has 2 heteroatoms. The maximum absolute atomic E-state index is 2.34. The minimum Gasteiger partial charge on any atom is -0.324 e.